The number of hydrogen-bond donors (Lipinski definition) is 2. The zero-order valence-electron chi connectivity index (χ0n) is 22.7. The number of aliphatic hydroxyl groups is 1. The van der Waals surface area contributed by atoms with E-state index < -0.39 is 0 Å². The van der Waals surface area contributed by atoms with Crippen molar-refractivity contribution in [3.63, 3.8) is 0 Å². The first-order chi connectivity index (χ1) is 19.5. The first-order valence-electron chi connectivity index (χ1n) is 13.9. The first-order valence-corrected chi connectivity index (χ1v) is 14.7. The Morgan fingerprint density at radius 1 is 1.07 bits per heavy atom. The number of ether oxygens (including phenoxy) is 1. The van der Waals surface area contributed by atoms with Crippen molar-refractivity contribution in [1.82, 2.24) is 29.8 Å². The minimum absolute atomic E-state index is 0.195. The number of pyridine rings is 2. The molecule has 0 spiro atoms. The highest BCUT2D eigenvalue weighted by atomic mass is 32.1. The van der Waals surface area contributed by atoms with E-state index in [2.05, 4.69) is 43.0 Å². The van der Waals surface area contributed by atoms with Crippen LogP contribution in [-0.4, -0.2) is 99.1 Å². The van der Waals surface area contributed by atoms with Gasteiger partial charge in [0.05, 0.1) is 29.5 Å². The quantitative estimate of drug-likeness (QED) is 0.348. The topological polar surface area (TPSA) is 116 Å². The fourth-order valence-electron chi connectivity index (χ4n) is 6.05. The van der Waals surface area contributed by atoms with Crippen molar-refractivity contribution in [3.05, 3.63) is 42.4 Å². The number of nitrogens with zero attached hydrogens (tertiary/aromatic N) is 8. The number of β-amino-alcohol motifs (C(OH)–C–C–N with tert-alkyl or cyclic N) is 1. The second-order valence-corrected chi connectivity index (χ2v) is 11.9. The molecule has 0 aliphatic carbocycles. The maximum Gasteiger partial charge on any atom is 0.227 e. The number of thiazole rings is 1. The second-order valence-electron chi connectivity index (χ2n) is 10.8. The van der Waals surface area contributed by atoms with Crippen LogP contribution < -0.4 is 15.1 Å². The van der Waals surface area contributed by atoms with Crippen LogP contribution >= 0.6 is 11.3 Å². The van der Waals surface area contributed by atoms with Gasteiger partial charge in [-0.1, -0.05) is 0 Å². The molecule has 0 aromatic carbocycles. The molecule has 0 unspecified atom stereocenters. The van der Waals surface area contributed by atoms with Gasteiger partial charge in [0.2, 0.25) is 5.95 Å². The lowest BCUT2D eigenvalue weighted by Gasteiger charge is -2.34. The van der Waals surface area contributed by atoms with Crippen LogP contribution in [0.5, 0.6) is 0 Å². The van der Waals surface area contributed by atoms with E-state index in [1.165, 1.54) is 0 Å². The van der Waals surface area contributed by atoms with E-state index in [1.807, 2.05) is 37.5 Å². The summed E-state index contributed by atoms with van der Waals surface area (Å²) in [6, 6.07) is 8.88. The lowest BCUT2D eigenvalue weighted by Crippen LogP contribution is -2.47. The molecule has 208 valence electrons. The molecule has 3 fully saturated rings. The summed E-state index contributed by atoms with van der Waals surface area (Å²) in [5.41, 5.74) is 2.85. The Balaban J connectivity index is 1.09. The molecule has 11 nitrogen and oxygen atoms in total. The highest BCUT2D eigenvalue weighted by Crippen LogP contribution is 2.35. The number of fused-ring (bicyclic) bond motifs is 3. The molecule has 2 N–H and O–H groups in total. The Morgan fingerprint density at radius 3 is 2.83 bits per heavy atom. The average Bonchev–Trinajstić information content (AvgIpc) is 3.67. The van der Waals surface area contributed by atoms with Crippen molar-refractivity contribution in [2.45, 2.75) is 38.5 Å². The van der Waals surface area contributed by atoms with Crippen molar-refractivity contribution >= 4 is 45.0 Å². The zero-order valence-corrected chi connectivity index (χ0v) is 23.5. The lowest BCUT2D eigenvalue weighted by molar-refractivity contribution is 0.0529. The SMILES string of the molecule is Cc1cc(Nc2cc3nc(-c4ccnc(N5CCO[C@@H](C)C5)c4)sc3cn2)nc(N2C[C@@H]3C[C@H]2CN3CCO)n1. The van der Waals surface area contributed by atoms with Crippen molar-refractivity contribution in [3.8, 4) is 10.6 Å². The number of hydrogen-bond acceptors (Lipinski definition) is 12. The minimum Gasteiger partial charge on any atom is -0.395 e. The van der Waals surface area contributed by atoms with Crippen molar-refractivity contribution < 1.29 is 9.84 Å². The molecule has 3 saturated heterocycles. The summed E-state index contributed by atoms with van der Waals surface area (Å²) in [6.45, 7) is 9.24. The molecule has 7 rings (SSSR count). The van der Waals surface area contributed by atoms with Crippen LogP contribution in [0.4, 0.5) is 23.4 Å². The maximum atomic E-state index is 9.34. The van der Waals surface area contributed by atoms with Crippen LogP contribution in [0.3, 0.4) is 0 Å². The summed E-state index contributed by atoms with van der Waals surface area (Å²) >= 11 is 1.63. The highest BCUT2D eigenvalue weighted by molar-refractivity contribution is 7.21. The molecule has 3 atom stereocenters. The van der Waals surface area contributed by atoms with E-state index in [4.69, 9.17) is 19.7 Å². The molecule has 3 aliphatic heterocycles. The van der Waals surface area contributed by atoms with Crippen LogP contribution in [0.2, 0.25) is 0 Å². The van der Waals surface area contributed by atoms with Crippen LogP contribution in [0.1, 0.15) is 19.0 Å². The first kappa shape index (κ1) is 25.5. The Kier molecular flexibility index (Phi) is 6.70. The van der Waals surface area contributed by atoms with E-state index in [9.17, 15) is 5.11 Å². The van der Waals surface area contributed by atoms with Crippen molar-refractivity contribution in [1.29, 1.82) is 0 Å². The van der Waals surface area contributed by atoms with Gasteiger partial charge in [0.15, 0.2) is 0 Å². The van der Waals surface area contributed by atoms with E-state index in [-0.39, 0.29) is 12.7 Å². The van der Waals surface area contributed by atoms with Crippen molar-refractivity contribution in [2.75, 3.05) is 61.1 Å². The summed E-state index contributed by atoms with van der Waals surface area (Å²) in [4.78, 5) is 30.7. The number of piperazine rings is 1. The number of aryl methyl sites for hydroxylation is 1. The van der Waals surface area contributed by atoms with Gasteiger partial charge in [-0.2, -0.15) is 4.98 Å². The van der Waals surface area contributed by atoms with Crippen LogP contribution in [0.15, 0.2) is 36.7 Å². The molecule has 3 aliphatic rings. The normalized spacial score (nSPS) is 22.9. The fourth-order valence-corrected chi connectivity index (χ4v) is 6.96. The number of aromatic nitrogens is 5. The van der Waals surface area contributed by atoms with Gasteiger partial charge in [0, 0.05) is 80.6 Å². The summed E-state index contributed by atoms with van der Waals surface area (Å²) in [7, 11) is 0. The highest BCUT2D eigenvalue weighted by Gasteiger charge is 2.44. The smallest absolute Gasteiger partial charge is 0.227 e. The van der Waals surface area contributed by atoms with Gasteiger partial charge in [-0.05, 0) is 32.4 Å². The molecule has 4 aromatic heterocycles. The summed E-state index contributed by atoms with van der Waals surface area (Å²) in [5, 5.41) is 13.7. The number of likely N-dealkylation sites (tertiary alicyclic amines) is 1. The number of nitrogens with one attached hydrogen (secondary N) is 1. The van der Waals surface area contributed by atoms with Gasteiger partial charge in [-0.15, -0.1) is 11.3 Å². The zero-order chi connectivity index (χ0) is 27.2. The second kappa shape index (κ2) is 10.5. The lowest BCUT2D eigenvalue weighted by atomic mass is 10.2. The summed E-state index contributed by atoms with van der Waals surface area (Å²) in [6.07, 6.45) is 5.01. The molecular formula is C28H33N9O2S. The van der Waals surface area contributed by atoms with Crippen LogP contribution in [-0.2, 0) is 4.74 Å². The number of aliphatic hydroxyl groups excluding tert-OH is 1. The van der Waals surface area contributed by atoms with Crippen molar-refractivity contribution in [2.24, 2.45) is 0 Å². The molecule has 0 amide bonds. The van der Waals surface area contributed by atoms with E-state index >= 15 is 0 Å². The third-order valence-electron chi connectivity index (χ3n) is 7.93. The third-order valence-corrected chi connectivity index (χ3v) is 8.98. The van der Waals surface area contributed by atoms with Gasteiger partial charge in [0.25, 0.3) is 0 Å². The summed E-state index contributed by atoms with van der Waals surface area (Å²) < 4.78 is 6.72. The van der Waals surface area contributed by atoms with Gasteiger partial charge in [-0.25, -0.2) is 19.9 Å². The number of rotatable bonds is 7. The molecule has 2 bridgehead atoms. The van der Waals surface area contributed by atoms with E-state index in [0.717, 1.165) is 83.2 Å². The van der Waals surface area contributed by atoms with E-state index in [0.29, 0.717) is 24.5 Å². The van der Waals surface area contributed by atoms with E-state index in [1.54, 1.807) is 11.3 Å². The van der Waals surface area contributed by atoms with Crippen LogP contribution in [0, 0.1) is 6.92 Å². The Labute approximate surface area is 236 Å². The van der Waals surface area contributed by atoms with Gasteiger partial charge < -0.3 is 25.0 Å². The monoisotopic (exact) mass is 559 g/mol. The largest absolute Gasteiger partial charge is 0.395 e. The molecule has 7 heterocycles. The molecule has 40 heavy (non-hydrogen) atoms. The molecular weight excluding hydrogens is 526 g/mol. The fraction of sp³-hybridized carbons (Fsp3) is 0.464. The molecule has 12 heteroatoms. The van der Waals surface area contributed by atoms with Gasteiger partial charge >= 0.3 is 0 Å². The third kappa shape index (κ3) is 4.96. The number of anilines is 4. The predicted molar refractivity (Wildman–Crippen MR) is 157 cm³/mol. The standard InChI is InChI=1S/C28H33N9O2S/c1-17-9-25(34-28(31-17)37-16-20-11-21(37)15-35(20)5-7-38)33-24-12-22-23(13-30-24)40-27(32-22)19-3-4-29-26(10-19)36-6-8-39-18(2)14-36/h3-4,9-10,12-13,18,20-21,38H,5-8,11,14-16H2,1-2H3,(H,30,31,33,34)/t18-,20-,21-/m0/s1. The van der Waals surface area contributed by atoms with Gasteiger partial charge in [-0.3, -0.25) is 4.90 Å². The Hall–Kier alpha value is -3.45. The molecule has 0 radical (unpaired) electrons. The molecule has 0 saturated carbocycles. The number of morpholine rings is 1. The van der Waals surface area contributed by atoms with Crippen LogP contribution in [0.25, 0.3) is 20.8 Å². The average molecular weight is 560 g/mol. The minimum atomic E-state index is 0.195. The van der Waals surface area contributed by atoms with Gasteiger partial charge in [0.1, 0.15) is 22.5 Å². The Bertz CT molecular complexity index is 1530. The molecule has 4 aromatic rings. The summed E-state index contributed by atoms with van der Waals surface area (Å²) in [5.74, 6) is 3.12. The maximum absolute atomic E-state index is 9.34. The Morgan fingerprint density at radius 2 is 2.00 bits per heavy atom. The predicted octanol–water partition coefficient (Wildman–Crippen LogP) is 3.08.